The van der Waals surface area contributed by atoms with E-state index in [-0.39, 0.29) is 11.0 Å². The Morgan fingerprint density at radius 3 is 2.70 bits per heavy atom. The molecule has 0 fully saturated rings. The van der Waals surface area contributed by atoms with Crippen molar-refractivity contribution in [3.05, 3.63) is 71.6 Å². The van der Waals surface area contributed by atoms with Gasteiger partial charge in [0.2, 0.25) is 10.9 Å². The van der Waals surface area contributed by atoms with Crippen LogP contribution in [0.2, 0.25) is 0 Å². The highest BCUT2D eigenvalue weighted by atomic mass is 32.1. The lowest BCUT2D eigenvalue weighted by molar-refractivity contribution is -0.115. The van der Waals surface area contributed by atoms with Crippen LogP contribution in [0, 0.1) is 13.8 Å². The van der Waals surface area contributed by atoms with E-state index < -0.39 is 0 Å². The third-order valence-electron chi connectivity index (χ3n) is 4.34. The molecule has 150 valence electrons. The number of hydrogen-bond donors (Lipinski definition) is 2. The highest BCUT2D eigenvalue weighted by Crippen LogP contribution is 2.29. The molecule has 0 spiro atoms. The fourth-order valence-corrected chi connectivity index (χ4v) is 3.86. The van der Waals surface area contributed by atoms with Crippen LogP contribution in [0.5, 0.6) is 0 Å². The van der Waals surface area contributed by atoms with Gasteiger partial charge in [-0.15, -0.1) is 10.2 Å². The summed E-state index contributed by atoms with van der Waals surface area (Å²) in [4.78, 5) is 12.9. The van der Waals surface area contributed by atoms with Gasteiger partial charge in [0, 0.05) is 17.3 Å². The Balaban J connectivity index is 1.46. The third kappa shape index (κ3) is 4.42. The number of aryl methyl sites for hydroxylation is 2. The normalized spacial score (nSPS) is 11.1. The van der Waals surface area contributed by atoms with Gasteiger partial charge in [0.05, 0.1) is 0 Å². The van der Waals surface area contributed by atoms with Crippen LogP contribution in [0.4, 0.5) is 5.69 Å². The first-order valence-electron chi connectivity index (χ1n) is 9.14. The number of nitrogens with zero attached hydrogens (tertiary/aromatic N) is 4. The molecule has 2 N–H and O–H groups in total. The smallest absolute Gasteiger partial charge is 0.250 e. The number of nitrogens with one attached hydrogen (secondary N) is 2. The first-order valence-corrected chi connectivity index (χ1v) is 10.4. The number of aromatic nitrogens is 4. The summed E-state index contributed by atoms with van der Waals surface area (Å²) >= 11 is 6.76. The Labute approximate surface area is 182 Å². The van der Waals surface area contributed by atoms with E-state index in [2.05, 4.69) is 25.9 Å². The fraction of sp³-hybridized carbons (Fsp3) is 0.0952. The van der Waals surface area contributed by atoms with Gasteiger partial charge in [-0.05, 0) is 49.3 Å². The van der Waals surface area contributed by atoms with E-state index in [1.165, 1.54) is 17.4 Å². The Hall–Kier alpha value is -3.43. The number of thiocarbonyl (C=S) groups is 1. The van der Waals surface area contributed by atoms with Gasteiger partial charge >= 0.3 is 0 Å². The molecule has 30 heavy (non-hydrogen) atoms. The van der Waals surface area contributed by atoms with Crippen LogP contribution in [-0.4, -0.2) is 30.8 Å². The van der Waals surface area contributed by atoms with Crippen molar-refractivity contribution in [2.24, 2.45) is 0 Å². The van der Waals surface area contributed by atoms with Crippen molar-refractivity contribution in [1.29, 1.82) is 0 Å². The van der Waals surface area contributed by atoms with Crippen LogP contribution in [0.25, 0.3) is 21.6 Å². The first-order chi connectivity index (χ1) is 14.5. The predicted octanol–water partition coefficient (Wildman–Crippen LogP) is 4.00. The van der Waals surface area contributed by atoms with Crippen LogP contribution in [0.3, 0.4) is 0 Å². The second kappa shape index (κ2) is 8.52. The molecule has 4 aromatic rings. The third-order valence-corrected chi connectivity index (χ3v) is 5.49. The molecule has 0 saturated heterocycles. The molecule has 7 nitrogen and oxygen atoms in total. The zero-order chi connectivity index (χ0) is 21.1. The van der Waals surface area contributed by atoms with Crippen molar-refractivity contribution in [1.82, 2.24) is 25.1 Å². The minimum Gasteiger partial charge on any atom is -0.332 e. The van der Waals surface area contributed by atoms with E-state index >= 15 is 0 Å². The molecule has 2 heterocycles. The van der Waals surface area contributed by atoms with Crippen molar-refractivity contribution in [3.8, 4) is 10.6 Å². The molecule has 0 unspecified atom stereocenters. The van der Waals surface area contributed by atoms with Crippen molar-refractivity contribution in [2.75, 3.05) is 5.32 Å². The summed E-state index contributed by atoms with van der Waals surface area (Å²) in [6.45, 7) is 3.83. The van der Waals surface area contributed by atoms with E-state index in [0.29, 0.717) is 0 Å². The Bertz CT molecular complexity index is 1260. The molecule has 2 aromatic carbocycles. The van der Waals surface area contributed by atoms with Gasteiger partial charge in [0.15, 0.2) is 10.9 Å². The van der Waals surface area contributed by atoms with E-state index in [9.17, 15) is 4.79 Å². The largest absolute Gasteiger partial charge is 0.332 e. The number of amides is 1. The summed E-state index contributed by atoms with van der Waals surface area (Å²) in [6.07, 6.45) is 3.19. The van der Waals surface area contributed by atoms with Crippen LogP contribution in [-0.2, 0) is 4.79 Å². The topological polar surface area (TPSA) is 84.2 Å². The van der Waals surface area contributed by atoms with E-state index in [1.54, 1.807) is 10.6 Å². The number of rotatable bonds is 4. The molecule has 0 radical (unpaired) electrons. The van der Waals surface area contributed by atoms with Gasteiger partial charge in [-0.2, -0.15) is 9.61 Å². The molecule has 0 aliphatic carbocycles. The minimum atomic E-state index is -0.297. The molecule has 2 aromatic heterocycles. The summed E-state index contributed by atoms with van der Waals surface area (Å²) in [5.74, 6) is 0.444. The molecular weight excluding hydrogens is 416 g/mol. The maximum Gasteiger partial charge on any atom is 0.250 e. The molecule has 0 aliphatic heterocycles. The number of hydrogen-bond acceptors (Lipinski definition) is 6. The number of benzene rings is 2. The number of carbonyl (C=O) groups excluding carboxylic acids is 1. The highest BCUT2D eigenvalue weighted by Gasteiger charge is 2.12. The van der Waals surface area contributed by atoms with Crippen molar-refractivity contribution < 1.29 is 4.79 Å². The molecule has 0 atom stereocenters. The van der Waals surface area contributed by atoms with Gasteiger partial charge in [-0.3, -0.25) is 10.1 Å². The average Bonchev–Trinajstić information content (AvgIpc) is 3.31. The van der Waals surface area contributed by atoms with Gasteiger partial charge in [0.25, 0.3) is 0 Å². The predicted molar refractivity (Wildman–Crippen MR) is 123 cm³/mol. The van der Waals surface area contributed by atoms with E-state index in [4.69, 9.17) is 12.2 Å². The molecule has 0 saturated carbocycles. The minimum absolute atomic E-state index is 0.229. The van der Waals surface area contributed by atoms with Gasteiger partial charge in [0.1, 0.15) is 5.01 Å². The molecule has 0 bridgehead atoms. The summed E-state index contributed by atoms with van der Waals surface area (Å²) in [5.41, 5.74) is 3.66. The lowest BCUT2D eigenvalue weighted by Gasteiger charge is -2.12. The standard InChI is InChI=1S/C21H18N6OS2/c1-13-8-10-16(19-26-27-14(2)24-25-21(27)30-19)12-17(13)22-20(29)23-18(28)11-9-15-6-4-3-5-7-15/h3-12H,1-2H3,(H2,22,23,28,29). The summed E-state index contributed by atoms with van der Waals surface area (Å²) < 4.78 is 1.72. The summed E-state index contributed by atoms with van der Waals surface area (Å²) in [7, 11) is 0. The monoisotopic (exact) mass is 434 g/mol. The van der Waals surface area contributed by atoms with Gasteiger partial charge in [-0.25, -0.2) is 0 Å². The maximum atomic E-state index is 12.1. The number of carbonyl (C=O) groups is 1. The fourth-order valence-electron chi connectivity index (χ4n) is 2.76. The second-order valence-electron chi connectivity index (χ2n) is 6.57. The molecule has 9 heteroatoms. The van der Waals surface area contributed by atoms with Crippen LogP contribution < -0.4 is 10.6 Å². The van der Waals surface area contributed by atoms with Crippen LogP contribution >= 0.6 is 23.6 Å². The first kappa shape index (κ1) is 19.9. The van der Waals surface area contributed by atoms with Gasteiger partial charge in [-0.1, -0.05) is 53.8 Å². The van der Waals surface area contributed by atoms with Crippen molar-refractivity contribution >= 4 is 51.3 Å². The summed E-state index contributed by atoms with van der Waals surface area (Å²) in [6, 6.07) is 15.5. The average molecular weight is 435 g/mol. The Morgan fingerprint density at radius 1 is 1.13 bits per heavy atom. The van der Waals surface area contributed by atoms with E-state index in [1.807, 2.05) is 62.4 Å². The lowest BCUT2D eigenvalue weighted by Crippen LogP contribution is -2.33. The zero-order valence-corrected chi connectivity index (χ0v) is 17.9. The SMILES string of the molecule is Cc1ccc(-c2nn3c(C)nnc3s2)cc1NC(=S)NC(=O)C=Cc1ccccc1. The second-order valence-corrected chi connectivity index (χ2v) is 7.93. The summed E-state index contributed by atoms with van der Waals surface area (Å²) in [5, 5.41) is 19.5. The van der Waals surface area contributed by atoms with Crippen LogP contribution in [0.1, 0.15) is 17.0 Å². The molecular formula is C21H18N6OS2. The van der Waals surface area contributed by atoms with E-state index in [0.717, 1.165) is 38.2 Å². The van der Waals surface area contributed by atoms with Crippen LogP contribution in [0.15, 0.2) is 54.6 Å². The molecule has 0 aliphatic rings. The van der Waals surface area contributed by atoms with Gasteiger partial charge < -0.3 is 5.32 Å². The Morgan fingerprint density at radius 2 is 1.93 bits per heavy atom. The maximum absolute atomic E-state index is 12.1. The highest BCUT2D eigenvalue weighted by molar-refractivity contribution is 7.80. The number of anilines is 1. The quantitative estimate of drug-likeness (QED) is 0.373. The lowest BCUT2D eigenvalue weighted by atomic mass is 10.1. The molecule has 1 amide bonds. The van der Waals surface area contributed by atoms with Crippen molar-refractivity contribution in [3.63, 3.8) is 0 Å². The van der Waals surface area contributed by atoms with Crippen molar-refractivity contribution in [2.45, 2.75) is 13.8 Å². The zero-order valence-electron chi connectivity index (χ0n) is 16.3. The number of fused-ring (bicyclic) bond motifs is 1. The molecule has 4 rings (SSSR count). The Kier molecular flexibility index (Phi) is 5.64.